The van der Waals surface area contributed by atoms with E-state index in [1.54, 1.807) is 61.7 Å². The fourth-order valence-corrected chi connectivity index (χ4v) is 6.16. The van der Waals surface area contributed by atoms with Gasteiger partial charge in [-0.3, -0.25) is 19.0 Å². The third kappa shape index (κ3) is 8.79. The largest absolute Gasteiger partial charge is 0.489 e. The van der Waals surface area contributed by atoms with Crippen LogP contribution >= 0.6 is 11.6 Å². The van der Waals surface area contributed by atoms with Crippen LogP contribution in [0.1, 0.15) is 36.5 Å². The molecule has 1 saturated heterocycles. The van der Waals surface area contributed by atoms with Crippen LogP contribution in [-0.4, -0.2) is 62.4 Å². The van der Waals surface area contributed by atoms with E-state index in [1.807, 2.05) is 12.3 Å². The Morgan fingerprint density at radius 1 is 1.19 bits per heavy atom. The summed E-state index contributed by atoms with van der Waals surface area (Å²) >= 11 is 6.59. The Labute approximate surface area is 252 Å². The Bertz CT molecular complexity index is 1530. The van der Waals surface area contributed by atoms with Gasteiger partial charge in [-0.15, -0.1) is 0 Å². The molecule has 1 fully saturated rings. The number of hydrogen-bond acceptors (Lipinski definition) is 8. The lowest BCUT2D eigenvalue weighted by atomic mass is 10.1. The summed E-state index contributed by atoms with van der Waals surface area (Å²) in [5, 5.41) is 9.41. The van der Waals surface area contributed by atoms with Crippen LogP contribution in [0.4, 0.5) is 5.69 Å². The summed E-state index contributed by atoms with van der Waals surface area (Å²) in [6, 6.07) is 17.8. The van der Waals surface area contributed by atoms with Crippen molar-refractivity contribution in [3.05, 3.63) is 94.8 Å². The van der Waals surface area contributed by atoms with Gasteiger partial charge in [-0.25, -0.2) is 8.42 Å². The number of sulfonamides is 1. The summed E-state index contributed by atoms with van der Waals surface area (Å²) in [5.74, 6) is -1.18. The molecule has 0 atom stereocenters. The number of hydrogen-bond donors (Lipinski definition) is 0. The fraction of sp³-hybridized carbons (Fsp3) is 0.323. The normalized spacial score (nSPS) is 14.4. The lowest BCUT2D eigenvalue weighted by molar-refractivity contribution is -0.139. The molecule has 4 rings (SSSR count). The molecule has 11 heteroatoms. The smallest absolute Gasteiger partial charge is 0.323 e. The summed E-state index contributed by atoms with van der Waals surface area (Å²) in [6.07, 6.45) is 8.65. The summed E-state index contributed by atoms with van der Waals surface area (Å²) < 4.78 is 38.8. The van der Waals surface area contributed by atoms with Gasteiger partial charge in [0.05, 0.1) is 35.5 Å². The van der Waals surface area contributed by atoms with E-state index in [0.717, 1.165) is 42.3 Å². The quantitative estimate of drug-likeness (QED) is 0.262. The first-order chi connectivity index (χ1) is 20.3. The average molecular weight is 609 g/mol. The number of rotatable bonds is 12. The average Bonchev–Trinajstić information content (AvgIpc) is 2.98. The lowest BCUT2D eigenvalue weighted by Crippen LogP contribution is -2.38. The standard InChI is InChI=1S/C31H33ClN4O5S/c1-2-40-31(37)23-42(38,39)36(15-5-9-24-6-3-7-25(18-24)20-33)27-10-11-30(29(32)19-27)41-28-12-16-35(17-13-28)22-26-8-4-14-34-21-26/h3-11,14,18-19,21,28H,2,12-13,15-17,22-23H2,1H3/b9-5+. The van der Waals surface area contributed by atoms with Crippen LogP contribution in [0.25, 0.3) is 6.08 Å². The molecule has 2 heterocycles. The fourth-order valence-electron chi connectivity index (χ4n) is 4.66. The van der Waals surface area contributed by atoms with Gasteiger partial charge in [0.25, 0.3) is 0 Å². The van der Waals surface area contributed by atoms with E-state index in [1.165, 1.54) is 11.6 Å². The summed E-state index contributed by atoms with van der Waals surface area (Å²) in [6.45, 7) is 4.21. The highest BCUT2D eigenvalue weighted by Crippen LogP contribution is 2.33. The first-order valence-corrected chi connectivity index (χ1v) is 15.7. The monoisotopic (exact) mass is 608 g/mol. The van der Waals surface area contributed by atoms with Crippen LogP contribution in [0, 0.1) is 11.3 Å². The molecule has 0 aliphatic carbocycles. The molecule has 220 valence electrons. The zero-order valence-electron chi connectivity index (χ0n) is 23.4. The van der Waals surface area contributed by atoms with Crippen LogP contribution in [0.3, 0.4) is 0 Å². The minimum atomic E-state index is -4.11. The molecule has 0 saturated carbocycles. The van der Waals surface area contributed by atoms with Gasteiger partial charge in [-0.1, -0.05) is 42.0 Å². The van der Waals surface area contributed by atoms with Crippen LogP contribution in [0.2, 0.25) is 5.02 Å². The van der Waals surface area contributed by atoms with Gasteiger partial charge < -0.3 is 9.47 Å². The van der Waals surface area contributed by atoms with Crippen molar-refractivity contribution in [1.82, 2.24) is 9.88 Å². The predicted molar refractivity (Wildman–Crippen MR) is 163 cm³/mol. The number of anilines is 1. The first kappa shape index (κ1) is 31.0. The zero-order valence-corrected chi connectivity index (χ0v) is 24.9. The summed E-state index contributed by atoms with van der Waals surface area (Å²) in [5.41, 5.74) is 2.69. The molecular formula is C31H33ClN4O5S. The molecule has 1 aliphatic rings. The Morgan fingerprint density at radius 2 is 2.00 bits per heavy atom. The number of carbonyl (C=O) groups is 1. The number of pyridine rings is 1. The number of nitriles is 1. The third-order valence-corrected chi connectivity index (χ3v) is 8.63. The number of halogens is 1. The Morgan fingerprint density at radius 3 is 2.69 bits per heavy atom. The summed E-state index contributed by atoms with van der Waals surface area (Å²) in [4.78, 5) is 18.6. The van der Waals surface area contributed by atoms with Crippen molar-refractivity contribution in [2.24, 2.45) is 0 Å². The zero-order chi connectivity index (χ0) is 30.0. The maximum Gasteiger partial charge on any atom is 0.323 e. The Balaban J connectivity index is 1.46. The van der Waals surface area contributed by atoms with Crippen LogP contribution < -0.4 is 9.04 Å². The topological polar surface area (TPSA) is 113 Å². The molecule has 0 spiro atoms. The second-order valence-corrected chi connectivity index (χ2v) is 12.1. The molecule has 1 aromatic heterocycles. The summed E-state index contributed by atoms with van der Waals surface area (Å²) in [7, 11) is -4.11. The first-order valence-electron chi connectivity index (χ1n) is 13.7. The van der Waals surface area contributed by atoms with E-state index in [4.69, 9.17) is 26.3 Å². The second-order valence-electron chi connectivity index (χ2n) is 9.80. The number of esters is 1. The molecule has 1 aliphatic heterocycles. The molecule has 0 amide bonds. The maximum atomic E-state index is 13.3. The predicted octanol–water partition coefficient (Wildman–Crippen LogP) is 5.06. The highest BCUT2D eigenvalue weighted by Gasteiger charge is 2.27. The number of carbonyl (C=O) groups excluding carboxylic acids is 1. The van der Waals surface area contributed by atoms with E-state index in [-0.39, 0.29) is 24.3 Å². The molecule has 2 aromatic carbocycles. The van der Waals surface area contributed by atoms with E-state index >= 15 is 0 Å². The SMILES string of the molecule is CCOC(=O)CS(=O)(=O)N(C/C=C/c1cccc(C#N)c1)c1ccc(OC2CCN(Cc3cccnc3)CC2)c(Cl)c1. The van der Waals surface area contributed by atoms with Crippen molar-refractivity contribution in [3.8, 4) is 11.8 Å². The molecule has 0 radical (unpaired) electrons. The van der Waals surface area contributed by atoms with E-state index in [0.29, 0.717) is 17.0 Å². The van der Waals surface area contributed by atoms with Crippen molar-refractivity contribution in [2.75, 3.05) is 36.3 Å². The number of likely N-dealkylation sites (tertiary alicyclic amines) is 1. The number of piperidine rings is 1. The second kappa shape index (κ2) is 14.8. The van der Waals surface area contributed by atoms with E-state index < -0.39 is 21.7 Å². The highest BCUT2D eigenvalue weighted by atomic mass is 35.5. The molecule has 9 nitrogen and oxygen atoms in total. The van der Waals surface area contributed by atoms with Crippen molar-refractivity contribution < 1.29 is 22.7 Å². The van der Waals surface area contributed by atoms with Crippen molar-refractivity contribution >= 4 is 39.4 Å². The van der Waals surface area contributed by atoms with E-state index in [9.17, 15) is 13.2 Å². The van der Waals surface area contributed by atoms with Gasteiger partial charge in [-0.2, -0.15) is 5.26 Å². The van der Waals surface area contributed by atoms with Crippen molar-refractivity contribution in [1.29, 1.82) is 5.26 Å². The third-order valence-electron chi connectivity index (χ3n) is 6.70. The Kier molecular flexibility index (Phi) is 11.0. The molecule has 3 aromatic rings. The van der Waals surface area contributed by atoms with Gasteiger partial charge in [0.2, 0.25) is 10.0 Å². The molecular weight excluding hydrogens is 576 g/mol. The van der Waals surface area contributed by atoms with Gasteiger partial charge in [0, 0.05) is 32.0 Å². The molecule has 42 heavy (non-hydrogen) atoms. The molecule has 0 unspecified atom stereocenters. The number of ether oxygens (including phenoxy) is 2. The van der Waals surface area contributed by atoms with Gasteiger partial charge >= 0.3 is 5.97 Å². The van der Waals surface area contributed by atoms with Crippen molar-refractivity contribution in [2.45, 2.75) is 32.4 Å². The minimum Gasteiger partial charge on any atom is -0.489 e. The van der Waals surface area contributed by atoms with Crippen LogP contribution in [-0.2, 0) is 26.1 Å². The van der Waals surface area contributed by atoms with Crippen LogP contribution in [0.5, 0.6) is 5.75 Å². The Hall–Kier alpha value is -3.91. The lowest BCUT2D eigenvalue weighted by Gasteiger charge is -2.32. The minimum absolute atomic E-state index is 0.0192. The van der Waals surface area contributed by atoms with Crippen LogP contribution in [0.15, 0.2) is 73.1 Å². The molecule has 0 N–H and O–H groups in total. The number of nitrogens with zero attached hydrogens (tertiary/aromatic N) is 4. The molecule has 0 bridgehead atoms. The van der Waals surface area contributed by atoms with Gasteiger partial charge in [0.1, 0.15) is 11.9 Å². The van der Waals surface area contributed by atoms with E-state index in [2.05, 4.69) is 22.0 Å². The number of benzene rings is 2. The maximum absolute atomic E-state index is 13.3. The number of aromatic nitrogens is 1. The van der Waals surface area contributed by atoms with Gasteiger partial charge in [-0.05, 0) is 67.3 Å². The van der Waals surface area contributed by atoms with Crippen molar-refractivity contribution in [3.63, 3.8) is 0 Å². The highest BCUT2D eigenvalue weighted by molar-refractivity contribution is 7.93. The van der Waals surface area contributed by atoms with Gasteiger partial charge in [0.15, 0.2) is 5.75 Å².